The topological polar surface area (TPSA) is 67.4 Å². The first-order valence-electron chi connectivity index (χ1n) is 12.2. The van der Waals surface area contributed by atoms with Crippen molar-refractivity contribution in [2.45, 2.75) is 76.0 Å². The molecule has 34 heavy (non-hydrogen) atoms. The Kier molecular flexibility index (Phi) is 5.45. The molecule has 0 radical (unpaired) electrons. The largest absolute Gasteiger partial charge is 0.444 e. The van der Waals surface area contributed by atoms with Crippen LogP contribution in [-0.4, -0.2) is 28.7 Å². The lowest BCUT2D eigenvalue weighted by atomic mass is 9.50. The van der Waals surface area contributed by atoms with E-state index in [2.05, 4.69) is 10.6 Å². The highest BCUT2D eigenvalue weighted by atomic mass is 19.1. The third-order valence-corrected chi connectivity index (χ3v) is 7.53. The van der Waals surface area contributed by atoms with E-state index in [4.69, 9.17) is 4.74 Å². The van der Waals surface area contributed by atoms with E-state index >= 15 is 0 Å². The van der Waals surface area contributed by atoms with Crippen LogP contribution >= 0.6 is 0 Å². The van der Waals surface area contributed by atoms with Crippen LogP contribution in [0.2, 0.25) is 0 Å². The normalized spacial score (nSPS) is 29.5. The summed E-state index contributed by atoms with van der Waals surface area (Å²) in [6.07, 6.45) is 5.36. The van der Waals surface area contributed by atoms with E-state index in [0.29, 0.717) is 17.4 Å². The van der Waals surface area contributed by atoms with Gasteiger partial charge in [-0.25, -0.2) is 9.18 Å². The van der Waals surface area contributed by atoms with Crippen LogP contribution in [0.15, 0.2) is 48.5 Å². The molecule has 2 aromatic carbocycles. The summed E-state index contributed by atoms with van der Waals surface area (Å²) in [5.41, 5.74) is 1.29. The van der Waals surface area contributed by atoms with Gasteiger partial charge >= 0.3 is 6.09 Å². The Hall–Kier alpha value is -2.89. The van der Waals surface area contributed by atoms with E-state index in [1.807, 2.05) is 45.0 Å². The fourth-order valence-corrected chi connectivity index (χ4v) is 6.84. The Morgan fingerprint density at radius 1 is 0.853 bits per heavy atom. The number of ether oxygens (including phenoxy) is 1. The quantitative estimate of drug-likeness (QED) is 0.597. The molecule has 4 aliphatic carbocycles. The van der Waals surface area contributed by atoms with Gasteiger partial charge < -0.3 is 15.4 Å². The number of hydrogen-bond donors (Lipinski definition) is 2. The van der Waals surface area contributed by atoms with Gasteiger partial charge in [0.1, 0.15) is 11.4 Å². The first kappa shape index (κ1) is 22.9. The third kappa shape index (κ3) is 4.68. The maximum atomic E-state index is 13.3. The van der Waals surface area contributed by atoms with Crippen LogP contribution in [0, 0.1) is 17.7 Å². The minimum atomic E-state index is -0.543. The lowest BCUT2D eigenvalue weighted by Crippen LogP contribution is -2.70. The number of alkyl carbamates (subject to hydrolysis) is 1. The third-order valence-electron chi connectivity index (χ3n) is 7.53. The van der Waals surface area contributed by atoms with Gasteiger partial charge in [-0.2, -0.15) is 0 Å². The minimum Gasteiger partial charge on any atom is -0.444 e. The van der Waals surface area contributed by atoms with Gasteiger partial charge in [0.25, 0.3) is 5.91 Å². The monoisotopic (exact) mass is 464 g/mol. The average Bonchev–Trinajstić information content (AvgIpc) is 2.71. The van der Waals surface area contributed by atoms with Crippen molar-refractivity contribution < 1.29 is 18.7 Å². The first-order chi connectivity index (χ1) is 16.0. The number of nitrogens with one attached hydrogen (secondary N) is 2. The average molecular weight is 465 g/mol. The van der Waals surface area contributed by atoms with Crippen LogP contribution in [0.3, 0.4) is 0 Å². The summed E-state index contributed by atoms with van der Waals surface area (Å²) in [6.45, 7) is 5.61. The van der Waals surface area contributed by atoms with Crippen LogP contribution in [0.1, 0.15) is 69.7 Å². The SMILES string of the molecule is CC(C)(C)OC(=O)NC12C[C@H]3C[C@@H](C1)CC(NC(=O)c1ccc(-c4ccc(F)cc4)cc1)(C3)C2. The molecule has 0 saturated heterocycles. The zero-order valence-corrected chi connectivity index (χ0v) is 20.1. The minimum absolute atomic E-state index is 0.0833. The maximum absolute atomic E-state index is 13.3. The van der Waals surface area contributed by atoms with Crippen molar-refractivity contribution in [2.24, 2.45) is 11.8 Å². The molecule has 4 aliphatic rings. The summed E-state index contributed by atoms with van der Waals surface area (Å²) in [7, 11) is 0. The van der Waals surface area contributed by atoms with Gasteiger partial charge in [-0.1, -0.05) is 24.3 Å². The molecule has 0 spiro atoms. The summed E-state index contributed by atoms with van der Waals surface area (Å²) >= 11 is 0. The lowest BCUT2D eigenvalue weighted by molar-refractivity contribution is -0.0509. The van der Waals surface area contributed by atoms with E-state index in [9.17, 15) is 14.0 Å². The smallest absolute Gasteiger partial charge is 0.408 e. The molecule has 2 N–H and O–H groups in total. The van der Waals surface area contributed by atoms with Crippen molar-refractivity contribution in [1.82, 2.24) is 10.6 Å². The number of halogens is 1. The van der Waals surface area contributed by atoms with Crippen molar-refractivity contribution in [3.05, 3.63) is 59.9 Å². The predicted molar refractivity (Wildman–Crippen MR) is 129 cm³/mol. The molecule has 4 fully saturated rings. The molecular weight excluding hydrogens is 431 g/mol. The second kappa shape index (κ2) is 8.10. The first-order valence-corrected chi connectivity index (χ1v) is 12.2. The lowest BCUT2D eigenvalue weighted by Gasteiger charge is -2.62. The second-order valence-corrected chi connectivity index (χ2v) is 11.7. The molecule has 5 nitrogen and oxygen atoms in total. The van der Waals surface area contributed by atoms with Crippen LogP contribution in [0.25, 0.3) is 11.1 Å². The highest BCUT2D eigenvalue weighted by Crippen LogP contribution is 2.57. The Morgan fingerprint density at radius 3 is 1.88 bits per heavy atom. The molecule has 2 unspecified atom stereocenters. The molecule has 4 bridgehead atoms. The Morgan fingerprint density at radius 2 is 1.35 bits per heavy atom. The standard InChI is InChI=1S/C28H33FN2O3/c1-26(2,3)34-25(33)31-28-15-18-12-19(16-28)14-27(13-18,17-28)30-24(32)22-6-4-20(5-7-22)21-8-10-23(29)11-9-21/h4-11,18-19H,12-17H2,1-3H3,(H,30,32)(H,31,33)/t18-,19+,27?,28?. The van der Waals surface area contributed by atoms with E-state index in [-0.39, 0.29) is 28.9 Å². The zero-order chi connectivity index (χ0) is 24.1. The number of hydrogen-bond acceptors (Lipinski definition) is 3. The highest BCUT2D eigenvalue weighted by molar-refractivity contribution is 5.95. The van der Waals surface area contributed by atoms with E-state index in [1.165, 1.54) is 18.6 Å². The van der Waals surface area contributed by atoms with Crippen LogP contribution in [0.5, 0.6) is 0 Å². The van der Waals surface area contributed by atoms with Gasteiger partial charge in [-0.05, 0) is 107 Å². The van der Waals surface area contributed by atoms with Gasteiger partial charge in [-0.3, -0.25) is 4.79 Å². The molecule has 6 heteroatoms. The molecule has 4 saturated carbocycles. The number of benzene rings is 2. The van der Waals surface area contributed by atoms with Gasteiger partial charge in [0.05, 0.1) is 0 Å². The fourth-order valence-electron chi connectivity index (χ4n) is 6.84. The maximum Gasteiger partial charge on any atom is 0.408 e. The fraction of sp³-hybridized carbons (Fsp3) is 0.500. The Bertz CT molecular complexity index is 1070. The molecule has 0 aliphatic heterocycles. The van der Waals surface area contributed by atoms with Gasteiger partial charge in [0.15, 0.2) is 0 Å². The van der Waals surface area contributed by atoms with Crippen molar-refractivity contribution in [3.63, 3.8) is 0 Å². The molecule has 2 aromatic rings. The Balaban J connectivity index is 1.30. The van der Waals surface area contributed by atoms with Crippen molar-refractivity contribution >= 4 is 12.0 Å². The van der Waals surface area contributed by atoms with Crippen LogP contribution in [0.4, 0.5) is 9.18 Å². The van der Waals surface area contributed by atoms with Gasteiger partial charge in [-0.15, -0.1) is 0 Å². The van der Waals surface area contributed by atoms with E-state index in [0.717, 1.165) is 43.2 Å². The summed E-state index contributed by atoms with van der Waals surface area (Å²) in [5.74, 6) is 0.643. The molecule has 0 aromatic heterocycles. The molecular formula is C28H33FN2O3. The summed E-state index contributed by atoms with van der Waals surface area (Å²) in [6, 6.07) is 13.8. The Labute approximate surface area is 200 Å². The molecule has 180 valence electrons. The van der Waals surface area contributed by atoms with Gasteiger partial charge in [0, 0.05) is 16.6 Å². The number of carbonyl (C=O) groups is 2. The zero-order valence-electron chi connectivity index (χ0n) is 20.1. The number of rotatable bonds is 4. The molecule has 4 atom stereocenters. The van der Waals surface area contributed by atoms with Crippen molar-refractivity contribution in [2.75, 3.05) is 0 Å². The second-order valence-electron chi connectivity index (χ2n) is 11.7. The predicted octanol–water partition coefficient (Wildman–Crippen LogP) is 5.84. The molecule has 0 heterocycles. The van der Waals surface area contributed by atoms with E-state index < -0.39 is 5.60 Å². The van der Waals surface area contributed by atoms with Gasteiger partial charge in [0.2, 0.25) is 0 Å². The molecule has 2 amide bonds. The highest BCUT2D eigenvalue weighted by Gasteiger charge is 2.59. The van der Waals surface area contributed by atoms with Crippen molar-refractivity contribution in [3.8, 4) is 11.1 Å². The molecule has 6 rings (SSSR count). The number of amides is 2. The summed E-state index contributed by atoms with van der Waals surface area (Å²) in [4.78, 5) is 25.9. The summed E-state index contributed by atoms with van der Waals surface area (Å²) < 4.78 is 18.8. The number of carbonyl (C=O) groups excluding carboxylic acids is 2. The van der Waals surface area contributed by atoms with Crippen LogP contribution < -0.4 is 10.6 Å². The van der Waals surface area contributed by atoms with Crippen LogP contribution in [-0.2, 0) is 4.74 Å². The summed E-state index contributed by atoms with van der Waals surface area (Å²) in [5, 5.41) is 6.58. The van der Waals surface area contributed by atoms with Crippen molar-refractivity contribution in [1.29, 1.82) is 0 Å². The van der Waals surface area contributed by atoms with E-state index in [1.54, 1.807) is 12.1 Å².